The van der Waals surface area contributed by atoms with Gasteiger partial charge in [0.15, 0.2) is 0 Å². The number of alkyl halides is 1. The summed E-state index contributed by atoms with van der Waals surface area (Å²) < 4.78 is 0. The zero-order valence-electron chi connectivity index (χ0n) is 6.11. The number of hydrogen-bond donors (Lipinski definition) is 0. The SMILES string of the molecule is ClCCCCC1=CSCC1. The van der Waals surface area contributed by atoms with Crippen LogP contribution in [0.3, 0.4) is 0 Å². The Morgan fingerprint density at radius 2 is 2.40 bits per heavy atom. The van der Waals surface area contributed by atoms with Gasteiger partial charge in [0.05, 0.1) is 0 Å². The largest absolute Gasteiger partial charge is 0.134 e. The zero-order valence-corrected chi connectivity index (χ0v) is 7.68. The maximum Gasteiger partial charge on any atom is 0.0223 e. The summed E-state index contributed by atoms with van der Waals surface area (Å²) >= 11 is 7.51. The van der Waals surface area contributed by atoms with Crippen molar-refractivity contribution < 1.29 is 0 Å². The molecule has 0 spiro atoms. The molecule has 0 atom stereocenters. The second-order valence-electron chi connectivity index (χ2n) is 2.54. The molecular weight excluding hydrogens is 164 g/mol. The molecular formula is C8H13ClS. The average molecular weight is 177 g/mol. The summed E-state index contributed by atoms with van der Waals surface area (Å²) in [7, 11) is 0. The first-order valence-electron chi connectivity index (χ1n) is 3.79. The molecule has 0 fully saturated rings. The van der Waals surface area contributed by atoms with Crippen molar-refractivity contribution in [3.05, 3.63) is 11.0 Å². The number of rotatable bonds is 4. The minimum Gasteiger partial charge on any atom is -0.134 e. The van der Waals surface area contributed by atoms with E-state index in [0.29, 0.717) is 0 Å². The first-order chi connectivity index (χ1) is 4.93. The number of thioether (sulfide) groups is 1. The minimum atomic E-state index is 0.820. The van der Waals surface area contributed by atoms with Gasteiger partial charge >= 0.3 is 0 Å². The summed E-state index contributed by atoms with van der Waals surface area (Å²) in [5, 5.41) is 2.31. The fraction of sp³-hybridized carbons (Fsp3) is 0.750. The molecule has 0 aliphatic carbocycles. The molecule has 0 N–H and O–H groups in total. The lowest BCUT2D eigenvalue weighted by Gasteiger charge is -1.97. The number of allylic oxidation sites excluding steroid dienone is 1. The van der Waals surface area contributed by atoms with E-state index >= 15 is 0 Å². The van der Waals surface area contributed by atoms with E-state index in [2.05, 4.69) is 5.41 Å². The Labute approximate surface area is 72.0 Å². The Morgan fingerprint density at radius 3 is 3.00 bits per heavy atom. The number of hydrogen-bond acceptors (Lipinski definition) is 1. The van der Waals surface area contributed by atoms with Gasteiger partial charge in [-0.15, -0.1) is 23.4 Å². The third-order valence-corrected chi connectivity index (χ3v) is 2.88. The molecule has 0 aromatic heterocycles. The van der Waals surface area contributed by atoms with Crippen molar-refractivity contribution in [1.82, 2.24) is 0 Å². The van der Waals surface area contributed by atoms with Crippen LogP contribution in [0, 0.1) is 0 Å². The lowest BCUT2D eigenvalue weighted by molar-refractivity contribution is 0.776. The van der Waals surface area contributed by atoms with E-state index in [0.717, 1.165) is 5.88 Å². The lowest BCUT2D eigenvalue weighted by atomic mass is 10.1. The molecule has 0 unspecified atom stereocenters. The van der Waals surface area contributed by atoms with E-state index in [1.165, 1.54) is 31.4 Å². The Bertz CT molecular complexity index is 120. The van der Waals surface area contributed by atoms with Gasteiger partial charge in [-0.05, 0) is 31.1 Å². The van der Waals surface area contributed by atoms with Gasteiger partial charge < -0.3 is 0 Å². The first-order valence-corrected chi connectivity index (χ1v) is 5.37. The maximum absolute atomic E-state index is 5.56. The smallest absolute Gasteiger partial charge is 0.0223 e. The van der Waals surface area contributed by atoms with E-state index in [1.807, 2.05) is 11.8 Å². The average Bonchev–Trinajstić information content (AvgIpc) is 2.41. The van der Waals surface area contributed by atoms with E-state index in [4.69, 9.17) is 11.6 Å². The van der Waals surface area contributed by atoms with Gasteiger partial charge in [0.2, 0.25) is 0 Å². The van der Waals surface area contributed by atoms with Gasteiger partial charge in [0.25, 0.3) is 0 Å². The predicted molar refractivity (Wildman–Crippen MR) is 49.7 cm³/mol. The fourth-order valence-corrected chi connectivity index (χ4v) is 2.21. The molecule has 0 saturated heterocycles. The van der Waals surface area contributed by atoms with Crippen LogP contribution < -0.4 is 0 Å². The van der Waals surface area contributed by atoms with Crippen LogP contribution in [-0.4, -0.2) is 11.6 Å². The molecule has 1 aliphatic heterocycles. The fourth-order valence-electron chi connectivity index (χ4n) is 1.06. The van der Waals surface area contributed by atoms with Gasteiger partial charge in [-0.1, -0.05) is 5.57 Å². The lowest BCUT2D eigenvalue weighted by Crippen LogP contribution is -1.82. The van der Waals surface area contributed by atoms with Gasteiger partial charge in [-0.2, -0.15) is 0 Å². The maximum atomic E-state index is 5.56. The van der Waals surface area contributed by atoms with Crippen LogP contribution in [0.4, 0.5) is 0 Å². The van der Waals surface area contributed by atoms with Crippen LogP contribution in [0.25, 0.3) is 0 Å². The Hall–Kier alpha value is 0.380. The second kappa shape index (κ2) is 5.09. The summed E-state index contributed by atoms with van der Waals surface area (Å²) in [6.45, 7) is 0. The minimum absolute atomic E-state index is 0.820. The highest BCUT2D eigenvalue weighted by molar-refractivity contribution is 8.02. The second-order valence-corrected chi connectivity index (χ2v) is 3.90. The summed E-state index contributed by atoms with van der Waals surface area (Å²) in [5.41, 5.74) is 1.63. The van der Waals surface area contributed by atoms with Gasteiger partial charge in [-0.3, -0.25) is 0 Å². The highest BCUT2D eigenvalue weighted by Crippen LogP contribution is 2.25. The molecule has 1 rings (SSSR count). The van der Waals surface area contributed by atoms with E-state index in [9.17, 15) is 0 Å². The van der Waals surface area contributed by atoms with Crippen LogP contribution in [0.5, 0.6) is 0 Å². The number of unbranched alkanes of at least 4 members (excludes halogenated alkanes) is 1. The third kappa shape index (κ3) is 2.98. The van der Waals surface area contributed by atoms with Crippen LogP contribution in [0.15, 0.2) is 11.0 Å². The molecule has 0 saturated carbocycles. The summed E-state index contributed by atoms with van der Waals surface area (Å²) in [4.78, 5) is 0. The van der Waals surface area contributed by atoms with Crippen molar-refractivity contribution in [1.29, 1.82) is 0 Å². The Kier molecular flexibility index (Phi) is 4.31. The van der Waals surface area contributed by atoms with E-state index in [-0.39, 0.29) is 0 Å². The standard InChI is InChI=1S/C8H13ClS/c9-5-2-1-3-8-4-6-10-7-8/h7H,1-6H2. The molecule has 1 heterocycles. The normalized spacial score (nSPS) is 17.5. The third-order valence-electron chi connectivity index (χ3n) is 1.67. The first kappa shape index (κ1) is 8.48. The molecule has 0 nitrogen and oxygen atoms in total. The molecule has 0 aromatic rings. The van der Waals surface area contributed by atoms with Crippen LogP contribution in [-0.2, 0) is 0 Å². The predicted octanol–water partition coefficient (Wildman–Crippen LogP) is 3.42. The molecule has 0 radical (unpaired) electrons. The monoisotopic (exact) mass is 176 g/mol. The Morgan fingerprint density at radius 1 is 1.50 bits per heavy atom. The van der Waals surface area contributed by atoms with Crippen LogP contribution in [0.2, 0.25) is 0 Å². The summed E-state index contributed by atoms with van der Waals surface area (Å²) in [5.74, 6) is 2.12. The molecule has 10 heavy (non-hydrogen) atoms. The van der Waals surface area contributed by atoms with Crippen molar-refractivity contribution >= 4 is 23.4 Å². The van der Waals surface area contributed by atoms with Crippen molar-refractivity contribution in [3.8, 4) is 0 Å². The van der Waals surface area contributed by atoms with Crippen LogP contribution >= 0.6 is 23.4 Å². The summed E-state index contributed by atoms with van der Waals surface area (Å²) in [6, 6.07) is 0. The molecule has 58 valence electrons. The molecule has 2 heteroatoms. The van der Waals surface area contributed by atoms with Gasteiger partial charge in [-0.25, -0.2) is 0 Å². The summed E-state index contributed by atoms with van der Waals surface area (Å²) in [6.07, 6.45) is 5.03. The highest BCUT2D eigenvalue weighted by atomic mass is 35.5. The topological polar surface area (TPSA) is 0 Å². The van der Waals surface area contributed by atoms with Gasteiger partial charge in [0, 0.05) is 11.6 Å². The molecule has 0 aromatic carbocycles. The van der Waals surface area contributed by atoms with Crippen molar-refractivity contribution in [3.63, 3.8) is 0 Å². The van der Waals surface area contributed by atoms with E-state index in [1.54, 1.807) is 5.57 Å². The zero-order chi connectivity index (χ0) is 7.23. The highest BCUT2D eigenvalue weighted by Gasteiger charge is 2.03. The van der Waals surface area contributed by atoms with Crippen LogP contribution in [0.1, 0.15) is 25.7 Å². The number of halogens is 1. The molecule has 0 bridgehead atoms. The van der Waals surface area contributed by atoms with E-state index < -0.39 is 0 Å². The Balaban J connectivity index is 2.01. The van der Waals surface area contributed by atoms with Crippen molar-refractivity contribution in [2.45, 2.75) is 25.7 Å². The molecule has 0 amide bonds. The van der Waals surface area contributed by atoms with Gasteiger partial charge in [0.1, 0.15) is 0 Å². The quantitative estimate of drug-likeness (QED) is 0.467. The van der Waals surface area contributed by atoms with Crippen molar-refractivity contribution in [2.75, 3.05) is 11.6 Å². The molecule has 1 aliphatic rings. The van der Waals surface area contributed by atoms with Crippen molar-refractivity contribution in [2.24, 2.45) is 0 Å².